The van der Waals surface area contributed by atoms with Crippen molar-refractivity contribution in [2.45, 2.75) is 6.29 Å². The van der Waals surface area contributed by atoms with E-state index in [1.165, 1.54) is 11.3 Å². The average Bonchev–Trinajstić information content (AvgIpc) is 2.84. The van der Waals surface area contributed by atoms with E-state index < -0.39 is 6.29 Å². The predicted octanol–water partition coefficient (Wildman–Crippen LogP) is 3.15. The molecular weight excluding hydrogens is 223 g/mol. The third-order valence-corrected chi connectivity index (χ3v) is 4.36. The van der Waals surface area contributed by atoms with Gasteiger partial charge >= 0.3 is 0 Å². The molecule has 0 unspecified atom stereocenters. The largest absolute Gasteiger partial charge is 0.345 e. The van der Waals surface area contributed by atoms with Crippen LogP contribution in [0.2, 0.25) is 0 Å². The van der Waals surface area contributed by atoms with Crippen LogP contribution in [0.4, 0.5) is 4.39 Å². The summed E-state index contributed by atoms with van der Waals surface area (Å²) < 4.78 is 25.3. The van der Waals surface area contributed by atoms with Crippen LogP contribution < -0.4 is 0 Å². The standard InChI is InChI=1S/C9H7FO2S2/c10-6-5-1-4-13-9(5)14-7(6)8-11-2-3-12-8/h1,4,8H,2-3H2. The molecule has 2 nitrogen and oxygen atoms in total. The van der Waals surface area contributed by atoms with Crippen molar-refractivity contribution < 1.29 is 13.9 Å². The Bertz CT molecular complexity index is 456. The molecule has 3 rings (SSSR count). The fourth-order valence-corrected chi connectivity index (χ4v) is 3.62. The third-order valence-electron chi connectivity index (χ3n) is 2.12. The molecule has 5 heteroatoms. The van der Waals surface area contributed by atoms with Crippen LogP contribution in [0.5, 0.6) is 0 Å². The molecule has 0 amide bonds. The van der Waals surface area contributed by atoms with Gasteiger partial charge in [-0.1, -0.05) is 0 Å². The van der Waals surface area contributed by atoms with Crippen molar-refractivity contribution in [2.75, 3.05) is 13.2 Å². The minimum Gasteiger partial charge on any atom is -0.345 e. The Hall–Kier alpha value is -0.490. The second kappa shape index (κ2) is 3.27. The summed E-state index contributed by atoms with van der Waals surface area (Å²) in [5.41, 5.74) is 0. The van der Waals surface area contributed by atoms with Gasteiger partial charge in [0.1, 0.15) is 0 Å². The van der Waals surface area contributed by atoms with Crippen molar-refractivity contribution in [3.05, 3.63) is 22.1 Å². The number of rotatable bonds is 1. The Morgan fingerprint density at radius 3 is 2.86 bits per heavy atom. The Morgan fingerprint density at radius 2 is 2.14 bits per heavy atom. The summed E-state index contributed by atoms with van der Waals surface area (Å²) in [4.78, 5) is 0.573. The Kier molecular flexibility index (Phi) is 2.05. The molecule has 2 aromatic rings. The Balaban J connectivity index is 2.11. The first-order valence-corrected chi connectivity index (χ1v) is 5.94. The van der Waals surface area contributed by atoms with Crippen LogP contribution >= 0.6 is 22.7 Å². The molecule has 74 valence electrons. The molecule has 0 spiro atoms. The molecular formula is C9H7FO2S2. The van der Waals surface area contributed by atoms with E-state index in [1.54, 1.807) is 17.4 Å². The van der Waals surface area contributed by atoms with Gasteiger partial charge in [-0.05, 0) is 11.4 Å². The van der Waals surface area contributed by atoms with E-state index in [0.717, 1.165) is 4.01 Å². The molecule has 0 atom stereocenters. The molecule has 14 heavy (non-hydrogen) atoms. The van der Waals surface area contributed by atoms with E-state index in [2.05, 4.69) is 0 Å². The van der Waals surface area contributed by atoms with Crippen LogP contribution in [0, 0.1) is 5.82 Å². The van der Waals surface area contributed by atoms with Gasteiger partial charge in [-0.2, -0.15) is 0 Å². The van der Waals surface area contributed by atoms with Crippen LogP contribution in [0.25, 0.3) is 9.40 Å². The lowest BCUT2D eigenvalue weighted by Gasteiger charge is -2.05. The van der Waals surface area contributed by atoms with E-state index >= 15 is 0 Å². The van der Waals surface area contributed by atoms with Gasteiger partial charge < -0.3 is 9.47 Å². The molecule has 0 aliphatic carbocycles. The fraction of sp³-hybridized carbons (Fsp3) is 0.333. The topological polar surface area (TPSA) is 18.5 Å². The number of thiophene rings is 2. The van der Waals surface area contributed by atoms with Crippen molar-refractivity contribution in [3.63, 3.8) is 0 Å². The molecule has 0 bridgehead atoms. The minimum absolute atomic E-state index is 0.182. The lowest BCUT2D eigenvalue weighted by Crippen LogP contribution is -1.96. The van der Waals surface area contributed by atoms with Crippen LogP contribution in [-0.4, -0.2) is 13.2 Å². The highest BCUT2D eigenvalue weighted by Gasteiger charge is 2.25. The number of ether oxygens (including phenoxy) is 2. The van der Waals surface area contributed by atoms with Gasteiger partial charge in [0, 0.05) is 5.39 Å². The Morgan fingerprint density at radius 1 is 1.36 bits per heavy atom. The van der Waals surface area contributed by atoms with Crippen LogP contribution in [0.3, 0.4) is 0 Å². The van der Waals surface area contributed by atoms with Gasteiger partial charge in [-0.25, -0.2) is 4.39 Å². The monoisotopic (exact) mass is 230 g/mol. The molecule has 0 saturated carbocycles. The summed E-state index contributed by atoms with van der Waals surface area (Å²) >= 11 is 2.97. The van der Waals surface area contributed by atoms with Gasteiger partial charge in [-0.3, -0.25) is 0 Å². The molecule has 1 aliphatic heterocycles. The van der Waals surface area contributed by atoms with Crippen LogP contribution in [0.15, 0.2) is 11.4 Å². The first kappa shape index (κ1) is 8.79. The molecule has 1 aliphatic rings. The smallest absolute Gasteiger partial charge is 0.196 e. The SMILES string of the molecule is Fc1c(C2OCCO2)sc2sccc12. The van der Waals surface area contributed by atoms with Crippen molar-refractivity contribution in [2.24, 2.45) is 0 Å². The zero-order chi connectivity index (χ0) is 9.54. The summed E-state index contributed by atoms with van der Waals surface area (Å²) in [6.45, 7) is 1.10. The predicted molar refractivity (Wildman–Crippen MR) is 54.3 cm³/mol. The van der Waals surface area contributed by atoms with Crippen molar-refractivity contribution >= 4 is 32.1 Å². The number of hydrogen-bond acceptors (Lipinski definition) is 4. The van der Waals surface area contributed by atoms with Gasteiger partial charge in [0.25, 0.3) is 0 Å². The van der Waals surface area contributed by atoms with Gasteiger partial charge in [0.2, 0.25) is 0 Å². The van der Waals surface area contributed by atoms with Crippen molar-refractivity contribution in [1.82, 2.24) is 0 Å². The highest BCUT2D eigenvalue weighted by atomic mass is 32.2. The van der Waals surface area contributed by atoms with Crippen molar-refractivity contribution in [1.29, 1.82) is 0 Å². The van der Waals surface area contributed by atoms with E-state index in [-0.39, 0.29) is 5.82 Å². The lowest BCUT2D eigenvalue weighted by molar-refractivity contribution is -0.0433. The lowest BCUT2D eigenvalue weighted by atomic mass is 10.3. The number of fused-ring (bicyclic) bond motifs is 1. The molecule has 2 aromatic heterocycles. The molecule has 3 heterocycles. The maximum atomic E-state index is 13.8. The van der Waals surface area contributed by atoms with Crippen LogP contribution in [0.1, 0.15) is 11.2 Å². The van der Waals surface area contributed by atoms with Gasteiger partial charge in [0.05, 0.1) is 22.1 Å². The fourth-order valence-electron chi connectivity index (χ4n) is 1.48. The van der Waals surface area contributed by atoms with Crippen LogP contribution in [-0.2, 0) is 9.47 Å². The molecule has 0 radical (unpaired) electrons. The highest BCUT2D eigenvalue weighted by Crippen LogP contribution is 2.39. The minimum atomic E-state index is -0.486. The molecule has 1 fully saturated rings. The summed E-state index contributed by atoms with van der Waals surface area (Å²) in [6.07, 6.45) is -0.486. The first-order chi connectivity index (χ1) is 6.86. The number of halogens is 1. The van der Waals surface area contributed by atoms with E-state index in [0.29, 0.717) is 23.5 Å². The maximum absolute atomic E-state index is 13.8. The molecule has 1 saturated heterocycles. The summed E-state index contributed by atoms with van der Waals surface area (Å²) in [6, 6.07) is 1.80. The van der Waals surface area contributed by atoms with Gasteiger partial charge in [0.15, 0.2) is 12.1 Å². The van der Waals surface area contributed by atoms with E-state index in [1.807, 2.05) is 5.38 Å². The second-order valence-corrected chi connectivity index (χ2v) is 5.20. The average molecular weight is 230 g/mol. The zero-order valence-electron chi connectivity index (χ0n) is 7.16. The summed E-state index contributed by atoms with van der Waals surface area (Å²) in [7, 11) is 0. The highest BCUT2D eigenvalue weighted by molar-refractivity contribution is 7.37. The second-order valence-electron chi connectivity index (χ2n) is 2.98. The summed E-state index contributed by atoms with van der Waals surface area (Å²) in [5.74, 6) is -0.182. The zero-order valence-corrected chi connectivity index (χ0v) is 8.79. The summed E-state index contributed by atoms with van der Waals surface area (Å²) in [5, 5.41) is 2.58. The molecule has 0 aromatic carbocycles. The molecule has 0 N–H and O–H groups in total. The first-order valence-electron chi connectivity index (χ1n) is 4.25. The maximum Gasteiger partial charge on any atom is 0.196 e. The van der Waals surface area contributed by atoms with E-state index in [4.69, 9.17) is 9.47 Å². The normalized spacial score (nSPS) is 18.4. The quantitative estimate of drug-likeness (QED) is 0.749. The Labute approximate surface area is 87.9 Å². The van der Waals surface area contributed by atoms with Gasteiger partial charge in [-0.15, -0.1) is 22.7 Å². The third kappa shape index (κ3) is 1.20. The van der Waals surface area contributed by atoms with E-state index in [9.17, 15) is 4.39 Å². The van der Waals surface area contributed by atoms with Crippen molar-refractivity contribution in [3.8, 4) is 0 Å². The number of hydrogen-bond donors (Lipinski definition) is 0.